The third-order valence-corrected chi connectivity index (χ3v) is 2.83. The minimum atomic E-state index is -0.620. The minimum absolute atomic E-state index is 0.121. The summed E-state index contributed by atoms with van der Waals surface area (Å²) in [5, 5.41) is 5.18. The number of rotatable bonds is 2. The van der Waals surface area contributed by atoms with Crippen LogP contribution in [0.2, 0.25) is 0 Å². The van der Waals surface area contributed by atoms with Gasteiger partial charge in [-0.05, 0) is 40.0 Å². The Hall–Kier alpha value is -1.46. The van der Waals surface area contributed by atoms with Gasteiger partial charge in [0.25, 0.3) is 5.91 Å². The number of nitrogens with one attached hydrogen (secondary N) is 1. The van der Waals surface area contributed by atoms with Crippen molar-refractivity contribution in [1.82, 2.24) is 5.32 Å². The number of carbonyl (C=O) groups is 2. The van der Waals surface area contributed by atoms with Gasteiger partial charge in [-0.15, -0.1) is 4.91 Å². The summed E-state index contributed by atoms with van der Waals surface area (Å²) in [4.78, 5) is 33.0. The fraction of sp³-hybridized carbons (Fsp3) is 0.833. The first kappa shape index (κ1) is 14.6. The molecule has 0 aromatic carbocycles. The average molecular weight is 256 g/mol. The Labute approximate surface area is 106 Å². The van der Waals surface area contributed by atoms with Crippen LogP contribution in [-0.2, 0) is 9.53 Å². The zero-order valence-electron chi connectivity index (χ0n) is 11.1. The Morgan fingerprint density at radius 3 is 2.50 bits per heavy atom. The summed E-state index contributed by atoms with van der Waals surface area (Å²) >= 11 is 0. The van der Waals surface area contributed by atoms with Gasteiger partial charge in [0.15, 0.2) is 0 Å². The van der Waals surface area contributed by atoms with Crippen LogP contribution < -0.4 is 5.32 Å². The lowest BCUT2D eigenvalue weighted by Crippen LogP contribution is -2.42. The molecule has 0 radical (unpaired) electrons. The predicted molar refractivity (Wildman–Crippen MR) is 65.9 cm³/mol. The average Bonchev–Trinajstić information content (AvgIpc) is 2.25. The van der Waals surface area contributed by atoms with E-state index in [9.17, 15) is 14.5 Å². The monoisotopic (exact) mass is 256 g/mol. The van der Waals surface area contributed by atoms with E-state index in [1.165, 1.54) is 0 Å². The number of nitroso groups, excluding NO2 is 1. The number of carbonyl (C=O) groups excluding carboxylic acids is 2. The smallest absolute Gasteiger partial charge is 0.407 e. The number of hydrogen-bond acceptors (Lipinski definition) is 4. The van der Waals surface area contributed by atoms with E-state index >= 15 is 0 Å². The van der Waals surface area contributed by atoms with Crippen molar-refractivity contribution in [3.8, 4) is 0 Å². The van der Waals surface area contributed by atoms with Crippen molar-refractivity contribution in [2.45, 2.75) is 58.1 Å². The van der Waals surface area contributed by atoms with Gasteiger partial charge in [-0.25, -0.2) is 4.79 Å². The third-order valence-electron chi connectivity index (χ3n) is 2.83. The lowest BCUT2D eigenvalue weighted by Gasteiger charge is -2.28. The standard InChI is InChI=1S/C12H20N2O4/c1-12(2,3)18-11(16)13-9-6-4-5-8(7-9)10(15)14-17/h8-9H,4-7H2,1-3H3,(H,13,16). The lowest BCUT2D eigenvalue weighted by molar-refractivity contribution is -0.122. The molecule has 6 heteroatoms. The first-order valence-electron chi connectivity index (χ1n) is 6.18. The number of alkyl carbamates (subject to hydrolysis) is 1. The summed E-state index contributed by atoms with van der Waals surface area (Å²) in [5.41, 5.74) is -0.543. The van der Waals surface area contributed by atoms with Gasteiger partial charge in [-0.1, -0.05) is 6.42 Å². The van der Waals surface area contributed by atoms with E-state index in [0.717, 1.165) is 12.8 Å². The van der Waals surface area contributed by atoms with E-state index in [-0.39, 0.29) is 12.0 Å². The van der Waals surface area contributed by atoms with Crippen molar-refractivity contribution in [3.05, 3.63) is 4.91 Å². The molecular formula is C12H20N2O4. The molecule has 0 spiro atoms. The Bertz CT molecular complexity index is 335. The van der Waals surface area contributed by atoms with E-state index in [2.05, 4.69) is 10.5 Å². The van der Waals surface area contributed by atoms with Gasteiger partial charge in [-0.2, -0.15) is 0 Å². The van der Waals surface area contributed by atoms with Crippen LogP contribution in [-0.4, -0.2) is 23.6 Å². The maximum absolute atomic E-state index is 11.6. The quantitative estimate of drug-likeness (QED) is 0.768. The normalized spacial score (nSPS) is 24.2. The molecule has 0 saturated heterocycles. The zero-order chi connectivity index (χ0) is 13.8. The van der Waals surface area contributed by atoms with Gasteiger partial charge in [0, 0.05) is 17.1 Å². The zero-order valence-corrected chi connectivity index (χ0v) is 11.1. The molecule has 2 unspecified atom stereocenters. The molecule has 2 amide bonds. The van der Waals surface area contributed by atoms with Crippen molar-refractivity contribution in [3.63, 3.8) is 0 Å². The summed E-state index contributed by atoms with van der Waals surface area (Å²) in [6.45, 7) is 5.36. The van der Waals surface area contributed by atoms with Crippen LogP contribution in [0.4, 0.5) is 4.79 Å². The molecule has 1 aliphatic rings. The first-order chi connectivity index (χ1) is 8.31. The third kappa shape index (κ3) is 4.81. The van der Waals surface area contributed by atoms with Gasteiger partial charge >= 0.3 is 6.09 Å². The van der Waals surface area contributed by atoms with Gasteiger partial charge in [0.05, 0.1) is 0 Å². The summed E-state index contributed by atoms with van der Waals surface area (Å²) in [5.74, 6) is -0.984. The summed E-state index contributed by atoms with van der Waals surface area (Å²) < 4.78 is 5.14. The maximum Gasteiger partial charge on any atom is 0.407 e. The fourth-order valence-corrected chi connectivity index (χ4v) is 2.09. The van der Waals surface area contributed by atoms with Crippen LogP contribution in [0.25, 0.3) is 0 Å². The Kier molecular flexibility index (Phi) is 4.81. The van der Waals surface area contributed by atoms with E-state index in [4.69, 9.17) is 4.74 Å². The maximum atomic E-state index is 11.6. The molecule has 1 rings (SSSR count). The number of ether oxygens (including phenoxy) is 1. The van der Waals surface area contributed by atoms with Crippen LogP contribution in [0.3, 0.4) is 0 Å². The van der Waals surface area contributed by atoms with E-state index in [0.29, 0.717) is 12.8 Å². The van der Waals surface area contributed by atoms with Crippen LogP contribution in [0.1, 0.15) is 46.5 Å². The largest absolute Gasteiger partial charge is 0.444 e. The molecule has 1 aliphatic carbocycles. The van der Waals surface area contributed by atoms with Crippen molar-refractivity contribution in [2.24, 2.45) is 11.1 Å². The summed E-state index contributed by atoms with van der Waals surface area (Å²) in [7, 11) is 0. The number of amides is 2. The number of nitrogens with zero attached hydrogens (tertiary/aromatic N) is 1. The molecule has 0 heterocycles. The second-order valence-corrected chi connectivity index (χ2v) is 5.64. The second-order valence-electron chi connectivity index (χ2n) is 5.64. The molecule has 0 aliphatic heterocycles. The Morgan fingerprint density at radius 2 is 1.94 bits per heavy atom. The Balaban J connectivity index is 2.45. The van der Waals surface area contributed by atoms with Gasteiger partial charge in [-0.3, -0.25) is 4.79 Å². The highest BCUT2D eigenvalue weighted by Gasteiger charge is 2.29. The molecule has 2 atom stereocenters. The van der Waals surface area contributed by atoms with Gasteiger partial charge in [0.1, 0.15) is 5.60 Å². The first-order valence-corrected chi connectivity index (χ1v) is 6.18. The SMILES string of the molecule is CC(C)(C)OC(=O)NC1CCCC(C(=O)N=O)C1. The molecule has 0 aromatic heterocycles. The van der Waals surface area contributed by atoms with Crippen LogP contribution >= 0.6 is 0 Å². The van der Waals surface area contributed by atoms with E-state index in [1.54, 1.807) is 20.8 Å². The molecule has 1 N–H and O–H groups in total. The highest BCUT2D eigenvalue weighted by atomic mass is 16.6. The summed E-state index contributed by atoms with van der Waals surface area (Å²) in [6.07, 6.45) is 2.23. The van der Waals surface area contributed by atoms with Crippen molar-refractivity contribution >= 4 is 12.0 Å². The topological polar surface area (TPSA) is 84.8 Å². The van der Waals surface area contributed by atoms with Crippen LogP contribution in [0, 0.1) is 10.8 Å². The molecule has 6 nitrogen and oxygen atoms in total. The number of hydrogen-bond donors (Lipinski definition) is 1. The fourth-order valence-electron chi connectivity index (χ4n) is 2.09. The minimum Gasteiger partial charge on any atom is -0.444 e. The summed E-state index contributed by atoms with van der Waals surface area (Å²) in [6, 6.07) is -0.121. The van der Waals surface area contributed by atoms with Crippen LogP contribution in [0.5, 0.6) is 0 Å². The van der Waals surface area contributed by atoms with E-state index < -0.39 is 17.6 Å². The molecule has 1 saturated carbocycles. The van der Waals surface area contributed by atoms with Crippen molar-refractivity contribution in [1.29, 1.82) is 0 Å². The highest BCUT2D eigenvalue weighted by Crippen LogP contribution is 2.25. The molecule has 0 bridgehead atoms. The van der Waals surface area contributed by atoms with Gasteiger partial charge < -0.3 is 10.1 Å². The van der Waals surface area contributed by atoms with E-state index in [1.807, 2.05) is 0 Å². The highest BCUT2D eigenvalue weighted by molar-refractivity contribution is 5.79. The molecular weight excluding hydrogens is 236 g/mol. The second kappa shape index (κ2) is 5.93. The molecule has 1 fully saturated rings. The lowest BCUT2D eigenvalue weighted by atomic mass is 9.85. The molecule has 102 valence electrons. The molecule has 0 aromatic rings. The molecule has 18 heavy (non-hydrogen) atoms. The van der Waals surface area contributed by atoms with Crippen LogP contribution in [0.15, 0.2) is 5.18 Å². The van der Waals surface area contributed by atoms with Gasteiger partial charge in [0.2, 0.25) is 0 Å². The van der Waals surface area contributed by atoms with Crippen molar-refractivity contribution in [2.75, 3.05) is 0 Å². The van der Waals surface area contributed by atoms with Crippen molar-refractivity contribution < 1.29 is 14.3 Å². The Morgan fingerprint density at radius 1 is 1.28 bits per heavy atom. The predicted octanol–water partition coefficient (Wildman–Crippen LogP) is 2.36.